The molecule has 1 atom stereocenters. The summed E-state index contributed by atoms with van der Waals surface area (Å²) in [7, 11) is 0. The fourth-order valence-electron chi connectivity index (χ4n) is 2.83. The molecular formula is C20H40N2O3. The lowest BCUT2D eigenvalue weighted by molar-refractivity contribution is -0.138. The van der Waals surface area contributed by atoms with Gasteiger partial charge < -0.3 is 15.7 Å². The summed E-state index contributed by atoms with van der Waals surface area (Å²) in [5.41, 5.74) is 0. The molecule has 0 aromatic carbocycles. The largest absolute Gasteiger partial charge is 0.480 e. The van der Waals surface area contributed by atoms with Crippen molar-refractivity contribution in [3.8, 4) is 0 Å². The van der Waals surface area contributed by atoms with Crippen LogP contribution in [-0.4, -0.2) is 29.7 Å². The lowest BCUT2D eigenvalue weighted by Gasteiger charge is -2.10. The number of nitrogens with one attached hydrogen (secondary N) is 2. The van der Waals surface area contributed by atoms with Gasteiger partial charge in [0, 0.05) is 6.54 Å². The molecule has 3 N–H and O–H groups in total. The minimum atomic E-state index is -1.02. The third-order valence-corrected chi connectivity index (χ3v) is 4.53. The Labute approximate surface area is 154 Å². The van der Waals surface area contributed by atoms with Gasteiger partial charge in [0.25, 0.3) is 0 Å². The molecule has 0 aromatic rings. The zero-order valence-corrected chi connectivity index (χ0v) is 16.4. The Morgan fingerprint density at radius 2 is 1.16 bits per heavy atom. The molecule has 0 rings (SSSR count). The number of carbonyl (C=O) groups excluding carboxylic acids is 1. The minimum absolute atomic E-state index is 0.399. The summed E-state index contributed by atoms with van der Waals surface area (Å²) < 4.78 is 0. The van der Waals surface area contributed by atoms with E-state index in [-0.39, 0.29) is 0 Å². The number of amides is 2. The molecule has 0 aliphatic heterocycles. The van der Waals surface area contributed by atoms with Crippen molar-refractivity contribution >= 4 is 12.0 Å². The third kappa shape index (κ3) is 17.4. The molecule has 5 heteroatoms. The molecule has 148 valence electrons. The molecule has 0 bridgehead atoms. The molecular weight excluding hydrogens is 316 g/mol. The van der Waals surface area contributed by atoms with E-state index < -0.39 is 18.0 Å². The molecule has 0 heterocycles. The number of unbranched alkanes of at least 4 members (excludes halogenated alkanes) is 13. The number of aliphatic carboxylic acids is 1. The lowest BCUT2D eigenvalue weighted by Crippen LogP contribution is -2.44. The Morgan fingerprint density at radius 1 is 0.760 bits per heavy atom. The van der Waals surface area contributed by atoms with Crippen LogP contribution in [0, 0.1) is 0 Å². The smallest absolute Gasteiger partial charge is 0.325 e. The zero-order chi connectivity index (χ0) is 18.8. The van der Waals surface area contributed by atoms with E-state index in [1.54, 1.807) is 0 Å². The standard InChI is InChI=1S/C20H40N2O3/c1-3-4-5-6-7-8-9-10-11-12-13-14-15-16-17-21-20(25)22-18(2)19(23)24/h18H,3-17H2,1-2H3,(H,23,24)(H2,21,22,25)/t18-/m0/s1. The summed E-state index contributed by atoms with van der Waals surface area (Å²) in [6.45, 7) is 4.32. The number of rotatable bonds is 17. The van der Waals surface area contributed by atoms with Gasteiger partial charge in [-0.1, -0.05) is 90.4 Å². The van der Waals surface area contributed by atoms with Gasteiger partial charge in [-0.2, -0.15) is 0 Å². The van der Waals surface area contributed by atoms with Crippen molar-refractivity contribution in [1.29, 1.82) is 0 Å². The van der Waals surface area contributed by atoms with E-state index >= 15 is 0 Å². The first-order valence-corrected chi connectivity index (χ1v) is 10.3. The highest BCUT2D eigenvalue weighted by molar-refractivity contribution is 5.82. The molecule has 0 aliphatic rings. The molecule has 0 aromatic heterocycles. The van der Waals surface area contributed by atoms with Crippen molar-refractivity contribution in [1.82, 2.24) is 10.6 Å². The van der Waals surface area contributed by atoms with Gasteiger partial charge in [-0.3, -0.25) is 4.79 Å². The van der Waals surface area contributed by atoms with Crippen LogP contribution in [0.2, 0.25) is 0 Å². The first-order valence-electron chi connectivity index (χ1n) is 10.3. The van der Waals surface area contributed by atoms with Crippen molar-refractivity contribution in [3.63, 3.8) is 0 Å². The molecule has 0 aliphatic carbocycles. The molecule has 2 amide bonds. The maximum absolute atomic E-state index is 11.4. The fraction of sp³-hybridized carbons (Fsp3) is 0.900. The normalized spacial score (nSPS) is 11.9. The summed E-state index contributed by atoms with van der Waals surface area (Å²) in [6.07, 6.45) is 18.3. The highest BCUT2D eigenvalue weighted by Crippen LogP contribution is 2.12. The Morgan fingerprint density at radius 3 is 1.56 bits per heavy atom. The zero-order valence-electron chi connectivity index (χ0n) is 16.4. The second-order valence-corrected chi connectivity index (χ2v) is 7.06. The van der Waals surface area contributed by atoms with E-state index in [1.807, 2.05) is 0 Å². The van der Waals surface area contributed by atoms with Crippen LogP contribution in [0.25, 0.3) is 0 Å². The molecule has 0 radical (unpaired) electrons. The van der Waals surface area contributed by atoms with E-state index in [2.05, 4.69) is 17.6 Å². The van der Waals surface area contributed by atoms with Crippen molar-refractivity contribution in [2.24, 2.45) is 0 Å². The first kappa shape index (κ1) is 23.7. The molecule has 0 spiro atoms. The number of carboxylic acid groups (broad SMARTS) is 1. The van der Waals surface area contributed by atoms with Gasteiger partial charge in [-0.15, -0.1) is 0 Å². The van der Waals surface area contributed by atoms with E-state index in [9.17, 15) is 9.59 Å². The lowest BCUT2D eigenvalue weighted by atomic mass is 10.0. The van der Waals surface area contributed by atoms with Gasteiger partial charge in [0.05, 0.1) is 0 Å². The van der Waals surface area contributed by atoms with Gasteiger partial charge >= 0.3 is 12.0 Å². The number of urea groups is 1. The van der Waals surface area contributed by atoms with Crippen LogP contribution in [0.1, 0.15) is 104 Å². The Bertz CT molecular complexity index is 335. The van der Waals surface area contributed by atoms with Gasteiger partial charge in [0.2, 0.25) is 0 Å². The second kappa shape index (κ2) is 17.6. The van der Waals surface area contributed by atoms with E-state index in [4.69, 9.17) is 5.11 Å². The maximum atomic E-state index is 11.4. The quantitative estimate of drug-likeness (QED) is 0.312. The summed E-state index contributed by atoms with van der Waals surface area (Å²) >= 11 is 0. The molecule has 0 unspecified atom stereocenters. The molecule has 5 nitrogen and oxygen atoms in total. The summed E-state index contributed by atoms with van der Waals surface area (Å²) in [4.78, 5) is 22.0. The number of carbonyl (C=O) groups is 2. The maximum Gasteiger partial charge on any atom is 0.325 e. The topological polar surface area (TPSA) is 78.4 Å². The Kier molecular flexibility index (Phi) is 16.7. The average molecular weight is 357 g/mol. The van der Waals surface area contributed by atoms with Crippen LogP contribution in [0.4, 0.5) is 4.79 Å². The van der Waals surface area contributed by atoms with Crippen LogP contribution < -0.4 is 10.6 Å². The van der Waals surface area contributed by atoms with Crippen LogP contribution in [-0.2, 0) is 4.79 Å². The van der Waals surface area contributed by atoms with Crippen molar-refractivity contribution in [3.05, 3.63) is 0 Å². The Balaban J connectivity index is 3.19. The number of carboxylic acids is 1. The summed E-state index contributed by atoms with van der Waals surface area (Å²) in [6, 6.07) is -1.25. The highest BCUT2D eigenvalue weighted by atomic mass is 16.4. The van der Waals surface area contributed by atoms with Crippen LogP contribution in [0.3, 0.4) is 0 Å². The molecule has 0 fully saturated rings. The van der Waals surface area contributed by atoms with Crippen molar-refractivity contribution in [2.75, 3.05) is 6.54 Å². The van der Waals surface area contributed by atoms with Crippen LogP contribution in [0.15, 0.2) is 0 Å². The molecule has 0 saturated carbocycles. The monoisotopic (exact) mass is 356 g/mol. The van der Waals surface area contributed by atoms with Gasteiger partial charge in [0.1, 0.15) is 6.04 Å². The van der Waals surface area contributed by atoms with Crippen LogP contribution >= 0.6 is 0 Å². The number of hydrogen-bond acceptors (Lipinski definition) is 2. The third-order valence-electron chi connectivity index (χ3n) is 4.53. The van der Waals surface area contributed by atoms with Crippen LogP contribution in [0.5, 0.6) is 0 Å². The first-order chi connectivity index (χ1) is 12.1. The van der Waals surface area contributed by atoms with Gasteiger partial charge in [-0.25, -0.2) is 4.79 Å². The summed E-state index contributed by atoms with van der Waals surface area (Å²) in [5, 5.41) is 13.8. The summed E-state index contributed by atoms with van der Waals surface area (Å²) in [5.74, 6) is -1.02. The minimum Gasteiger partial charge on any atom is -0.480 e. The van der Waals surface area contributed by atoms with Gasteiger partial charge in [-0.05, 0) is 13.3 Å². The SMILES string of the molecule is CCCCCCCCCCCCCCCCNC(=O)N[C@@H](C)C(=O)O. The van der Waals surface area contributed by atoms with E-state index in [0.717, 1.165) is 12.8 Å². The average Bonchev–Trinajstić information content (AvgIpc) is 2.58. The second-order valence-electron chi connectivity index (χ2n) is 7.06. The highest BCUT2D eigenvalue weighted by Gasteiger charge is 2.12. The number of hydrogen-bond donors (Lipinski definition) is 3. The molecule has 0 saturated heterocycles. The Hall–Kier alpha value is -1.26. The molecule has 25 heavy (non-hydrogen) atoms. The van der Waals surface area contributed by atoms with Gasteiger partial charge in [0.15, 0.2) is 0 Å². The predicted octanol–water partition coefficient (Wildman–Crippen LogP) is 5.24. The van der Waals surface area contributed by atoms with Crippen molar-refractivity contribution < 1.29 is 14.7 Å². The predicted molar refractivity (Wildman–Crippen MR) is 104 cm³/mol. The fourth-order valence-corrected chi connectivity index (χ4v) is 2.83. The van der Waals surface area contributed by atoms with Crippen molar-refractivity contribution in [2.45, 2.75) is 110 Å². The van der Waals surface area contributed by atoms with E-state index in [1.165, 1.54) is 84.0 Å². The van der Waals surface area contributed by atoms with E-state index in [0.29, 0.717) is 6.54 Å².